The Bertz CT molecular complexity index is 1540. The number of unbranched alkanes of at least 4 members (excludes halogenated alkanes) is 3. The number of hydrogen-bond acceptors (Lipinski definition) is 8. The molecule has 0 spiro atoms. The van der Waals surface area contributed by atoms with Crippen molar-refractivity contribution in [2.75, 3.05) is 47.5 Å². The van der Waals surface area contributed by atoms with Gasteiger partial charge in [0.2, 0.25) is 0 Å². The molecule has 0 fully saturated rings. The molecule has 0 aliphatic carbocycles. The Balaban J connectivity index is 4.71. The minimum absolute atomic E-state index is 0.0258. The van der Waals surface area contributed by atoms with Crippen molar-refractivity contribution < 1.29 is 47.2 Å². The van der Waals surface area contributed by atoms with Crippen LogP contribution in [0.5, 0.6) is 0 Å². The van der Waals surface area contributed by atoms with Crippen LogP contribution in [0, 0.1) is 0 Å². The van der Waals surface area contributed by atoms with E-state index in [4.69, 9.17) is 18.5 Å². The van der Waals surface area contributed by atoms with Gasteiger partial charge >= 0.3 is 19.8 Å². The van der Waals surface area contributed by atoms with Gasteiger partial charge in [0, 0.05) is 12.8 Å². The molecule has 0 bridgehead atoms. The van der Waals surface area contributed by atoms with Crippen molar-refractivity contribution in [1.29, 1.82) is 0 Å². The fourth-order valence-electron chi connectivity index (χ4n) is 5.16. The van der Waals surface area contributed by atoms with Crippen molar-refractivity contribution >= 4 is 19.8 Å². The van der Waals surface area contributed by atoms with E-state index in [2.05, 4.69) is 111 Å². The highest BCUT2D eigenvalue weighted by Crippen LogP contribution is 2.43. The number of esters is 2. The quantitative estimate of drug-likeness (QED) is 0.0155. The molecule has 0 aliphatic rings. The predicted molar refractivity (Wildman–Crippen MR) is 262 cm³/mol. The summed E-state index contributed by atoms with van der Waals surface area (Å²) in [5, 5.41) is 10.3. The summed E-state index contributed by atoms with van der Waals surface area (Å²) in [5.74, 6) is -1.19. The molecule has 0 aliphatic heterocycles. The SMILES string of the molecule is CC/C=C\C/C=C\C/C=C\C/C=C\C/C=C\C=C/C(O)CCC(=O)OC[C@H](COP(=O)(O)OCC[N+](C)(C)C)OC(=O)CC/C=C\C/C=C\C/C=C\C/C=C\C/C=C\CCCCC. The first-order valence-electron chi connectivity index (χ1n) is 23.0. The number of ether oxygens (including phenoxy) is 2. The van der Waals surface area contributed by atoms with Gasteiger partial charge in [-0.3, -0.25) is 18.6 Å². The van der Waals surface area contributed by atoms with Crippen LogP contribution in [0.4, 0.5) is 0 Å². The number of rotatable bonds is 39. The number of phosphoric acid groups is 1. The van der Waals surface area contributed by atoms with Crippen molar-refractivity contribution in [1.82, 2.24) is 0 Å². The first-order valence-corrected chi connectivity index (χ1v) is 24.5. The van der Waals surface area contributed by atoms with Crippen molar-refractivity contribution in [2.24, 2.45) is 0 Å². The zero-order valence-corrected chi connectivity index (χ0v) is 40.2. The van der Waals surface area contributed by atoms with Crippen molar-refractivity contribution in [3.8, 4) is 0 Å². The fraction of sp³-hybridized carbons (Fsp3) is 0.538. The molecule has 0 amide bonds. The van der Waals surface area contributed by atoms with Gasteiger partial charge in [0.15, 0.2) is 6.10 Å². The van der Waals surface area contributed by atoms with E-state index in [1.165, 1.54) is 25.7 Å². The van der Waals surface area contributed by atoms with Crippen LogP contribution in [-0.4, -0.2) is 86.1 Å². The van der Waals surface area contributed by atoms with E-state index >= 15 is 0 Å². The largest absolute Gasteiger partial charge is 0.472 e. The Morgan fingerprint density at radius 2 is 1.08 bits per heavy atom. The summed E-state index contributed by atoms with van der Waals surface area (Å²) >= 11 is 0. The maximum Gasteiger partial charge on any atom is 0.472 e. The number of phosphoric ester groups is 1. The van der Waals surface area contributed by atoms with E-state index < -0.39 is 45.2 Å². The standard InChI is InChI=1S/C52H82NO9P/c1-6-8-10-12-14-16-18-20-22-24-25-26-28-30-32-34-36-38-40-42-52(56)62-50(48-61-63(57,58)60-46-45-53(3,4)5)47-59-51(55)44-43-49(54)41-39-37-35-33-31-29-27-23-21-19-17-15-13-11-9-7-2/h9,11,14-17,20-23,25-26,29-32,35-39,41,49-50,54H,6-8,10,12-13,18-19,24,27-28,33-34,40,42-48H2,1-5H3/p+1/b11-9-,16-14-,17-15-,22-20-,23-21-,26-25-,31-29-,32-30-,37-35-,38-36-,41-39-/t49?,50-/m1/s1. The van der Waals surface area contributed by atoms with Crippen LogP contribution in [0.2, 0.25) is 0 Å². The van der Waals surface area contributed by atoms with E-state index in [1.807, 2.05) is 45.4 Å². The second-order valence-electron chi connectivity index (χ2n) is 15.9. The van der Waals surface area contributed by atoms with Gasteiger partial charge in [-0.1, -0.05) is 160 Å². The number of carbonyl (C=O) groups excluding carboxylic acids is 2. The molecule has 0 aromatic rings. The third kappa shape index (κ3) is 45.9. The van der Waals surface area contributed by atoms with Gasteiger partial charge in [0.05, 0.1) is 33.9 Å². The summed E-state index contributed by atoms with van der Waals surface area (Å²) < 4.78 is 34.0. The molecule has 0 aromatic heterocycles. The van der Waals surface area contributed by atoms with Gasteiger partial charge in [0.25, 0.3) is 0 Å². The van der Waals surface area contributed by atoms with Gasteiger partial charge in [-0.2, -0.15) is 0 Å². The minimum Gasteiger partial charge on any atom is -0.462 e. The molecular weight excluding hydrogens is 814 g/mol. The van der Waals surface area contributed by atoms with Gasteiger partial charge in [-0.25, -0.2) is 4.57 Å². The van der Waals surface area contributed by atoms with Gasteiger partial charge in [0.1, 0.15) is 19.8 Å². The first-order chi connectivity index (χ1) is 30.4. The molecule has 2 N–H and O–H groups in total. The summed E-state index contributed by atoms with van der Waals surface area (Å²) in [6, 6.07) is 0. The van der Waals surface area contributed by atoms with E-state index in [-0.39, 0.29) is 25.9 Å². The smallest absolute Gasteiger partial charge is 0.462 e. The second kappa shape index (κ2) is 42.1. The molecule has 0 aromatic carbocycles. The molecule has 11 heteroatoms. The number of aliphatic hydroxyl groups excluding tert-OH is 1. The molecule has 63 heavy (non-hydrogen) atoms. The van der Waals surface area contributed by atoms with E-state index in [1.54, 1.807) is 12.2 Å². The van der Waals surface area contributed by atoms with Gasteiger partial charge in [-0.15, -0.1) is 0 Å². The monoisotopic (exact) mass is 897 g/mol. The van der Waals surface area contributed by atoms with Gasteiger partial charge < -0.3 is 24.0 Å². The number of quaternary nitrogens is 1. The Morgan fingerprint density at radius 1 is 0.587 bits per heavy atom. The lowest BCUT2D eigenvalue weighted by Gasteiger charge is -2.24. The average Bonchev–Trinajstić information content (AvgIpc) is 3.24. The average molecular weight is 897 g/mol. The van der Waals surface area contributed by atoms with Crippen molar-refractivity contribution in [2.45, 2.75) is 135 Å². The third-order valence-corrected chi connectivity index (χ3v) is 9.78. The topological polar surface area (TPSA) is 129 Å². The lowest BCUT2D eigenvalue weighted by atomic mass is 10.2. The normalized spacial score (nSPS) is 15.2. The lowest BCUT2D eigenvalue weighted by molar-refractivity contribution is -0.870. The van der Waals surface area contributed by atoms with Crippen molar-refractivity contribution in [3.63, 3.8) is 0 Å². The minimum atomic E-state index is -4.46. The van der Waals surface area contributed by atoms with Crippen LogP contribution in [-0.2, 0) is 32.7 Å². The maximum absolute atomic E-state index is 12.7. The van der Waals surface area contributed by atoms with Crippen molar-refractivity contribution in [3.05, 3.63) is 134 Å². The van der Waals surface area contributed by atoms with E-state index in [0.717, 1.165) is 57.8 Å². The molecule has 3 atom stereocenters. The molecule has 10 nitrogen and oxygen atoms in total. The number of aliphatic hydroxyl groups is 1. The Kier molecular flexibility index (Phi) is 39.5. The first kappa shape index (κ1) is 59.1. The summed E-state index contributed by atoms with van der Waals surface area (Å²) in [4.78, 5) is 35.4. The van der Waals surface area contributed by atoms with Crippen LogP contribution in [0.15, 0.2) is 134 Å². The number of hydrogen-bond donors (Lipinski definition) is 2. The third-order valence-electron chi connectivity index (χ3n) is 8.80. The Hall–Kier alpha value is -3.89. The zero-order chi connectivity index (χ0) is 46.5. The molecular formula is C52H83NO9P+. The highest BCUT2D eigenvalue weighted by atomic mass is 31.2. The molecule has 0 rings (SSSR count). The second-order valence-corrected chi connectivity index (χ2v) is 17.3. The molecule has 0 radical (unpaired) electrons. The number of allylic oxidation sites excluding steroid dienone is 21. The summed E-state index contributed by atoms with van der Waals surface area (Å²) in [6.45, 7) is 3.88. The van der Waals surface area contributed by atoms with E-state index in [0.29, 0.717) is 17.4 Å². The fourth-order valence-corrected chi connectivity index (χ4v) is 5.90. The molecule has 0 saturated carbocycles. The van der Waals surface area contributed by atoms with E-state index in [9.17, 15) is 24.2 Å². The van der Waals surface area contributed by atoms with Crippen LogP contribution < -0.4 is 0 Å². The zero-order valence-electron chi connectivity index (χ0n) is 39.4. The van der Waals surface area contributed by atoms with Crippen LogP contribution in [0.25, 0.3) is 0 Å². The Morgan fingerprint density at radius 3 is 1.59 bits per heavy atom. The Labute approximate surface area is 382 Å². The molecule has 0 saturated heterocycles. The molecule has 0 heterocycles. The number of carbonyl (C=O) groups is 2. The highest BCUT2D eigenvalue weighted by molar-refractivity contribution is 7.47. The molecule has 2 unspecified atom stereocenters. The van der Waals surface area contributed by atoms with Crippen LogP contribution in [0.1, 0.15) is 123 Å². The van der Waals surface area contributed by atoms with Gasteiger partial charge in [-0.05, 0) is 83.5 Å². The van der Waals surface area contributed by atoms with Crippen LogP contribution in [0.3, 0.4) is 0 Å². The molecule has 354 valence electrons. The predicted octanol–water partition coefficient (Wildman–Crippen LogP) is 12.4. The number of likely N-dealkylation sites (N-methyl/N-ethyl adjacent to an activating group) is 1. The lowest BCUT2D eigenvalue weighted by Crippen LogP contribution is -2.37. The van der Waals surface area contributed by atoms with Crippen LogP contribution >= 0.6 is 7.82 Å². The summed E-state index contributed by atoms with van der Waals surface area (Å²) in [5.41, 5.74) is 0. The summed E-state index contributed by atoms with van der Waals surface area (Å²) in [7, 11) is 1.28. The highest BCUT2D eigenvalue weighted by Gasteiger charge is 2.27. The number of nitrogens with zero attached hydrogens (tertiary/aromatic N) is 1. The summed E-state index contributed by atoms with van der Waals surface area (Å²) in [6.07, 6.45) is 57.1. The maximum atomic E-state index is 12.7.